The fraction of sp³-hybridized carbons (Fsp3) is 1.00. The summed E-state index contributed by atoms with van der Waals surface area (Å²) in [7, 11) is 0. The summed E-state index contributed by atoms with van der Waals surface area (Å²) in [6, 6.07) is 0. The molecule has 0 spiro atoms. The van der Waals surface area contributed by atoms with E-state index < -0.39 is 0 Å². The van der Waals surface area contributed by atoms with E-state index in [-0.39, 0.29) is 6.10 Å². The van der Waals surface area contributed by atoms with Crippen LogP contribution in [0.1, 0.15) is 33.1 Å². The molecule has 0 heterocycles. The lowest BCUT2D eigenvalue weighted by Gasteiger charge is -2.02. The van der Waals surface area contributed by atoms with Gasteiger partial charge in [-0.1, -0.05) is 13.3 Å². The zero-order chi connectivity index (χ0) is 7.82. The third kappa shape index (κ3) is 8.31. The molecule has 1 N–H and O–H groups in total. The highest BCUT2D eigenvalue weighted by molar-refractivity contribution is 7.99. The number of hydrogen-bond donors (Lipinski definition) is 1. The number of rotatable bonds is 6. The number of hydrogen-bond acceptors (Lipinski definition) is 2. The summed E-state index contributed by atoms with van der Waals surface area (Å²) >= 11 is 1.95. The fourth-order valence-corrected chi connectivity index (χ4v) is 1.81. The number of unbranched alkanes of at least 4 members (excludes halogenated alkanes) is 1. The minimum atomic E-state index is -0.117. The van der Waals surface area contributed by atoms with Crippen LogP contribution >= 0.6 is 11.8 Å². The Bertz CT molecular complexity index is 64.3. The average molecular weight is 162 g/mol. The topological polar surface area (TPSA) is 20.2 Å². The molecule has 62 valence electrons. The maximum atomic E-state index is 8.90. The molecule has 0 amide bonds. The van der Waals surface area contributed by atoms with Crippen molar-refractivity contribution in [1.29, 1.82) is 0 Å². The lowest BCUT2D eigenvalue weighted by molar-refractivity contribution is 0.192. The fourth-order valence-electron chi connectivity index (χ4n) is 0.602. The van der Waals surface area contributed by atoms with Gasteiger partial charge in [-0.05, 0) is 31.3 Å². The first-order valence-electron chi connectivity index (χ1n) is 4.03. The van der Waals surface area contributed by atoms with Gasteiger partial charge in [-0.15, -0.1) is 0 Å². The van der Waals surface area contributed by atoms with E-state index in [0.29, 0.717) is 0 Å². The molecule has 0 rings (SSSR count). The van der Waals surface area contributed by atoms with Gasteiger partial charge < -0.3 is 5.11 Å². The van der Waals surface area contributed by atoms with Crippen LogP contribution in [-0.2, 0) is 0 Å². The van der Waals surface area contributed by atoms with Gasteiger partial charge in [-0.3, -0.25) is 0 Å². The Morgan fingerprint density at radius 1 is 1.40 bits per heavy atom. The van der Waals surface area contributed by atoms with Crippen molar-refractivity contribution in [3.63, 3.8) is 0 Å². The van der Waals surface area contributed by atoms with Gasteiger partial charge in [0.2, 0.25) is 0 Å². The summed E-state index contributed by atoms with van der Waals surface area (Å²) in [5.41, 5.74) is 0. The summed E-state index contributed by atoms with van der Waals surface area (Å²) in [5, 5.41) is 8.90. The molecule has 10 heavy (non-hydrogen) atoms. The highest BCUT2D eigenvalue weighted by Crippen LogP contribution is 2.07. The van der Waals surface area contributed by atoms with E-state index in [1.807, 2.05) is 18.7 Å². The largest absolute Gasteiger partial charge is 0.393 e. The van der Waals surface area contributed by atoms with E-state index in [4.69, 9.17) is 5.11 Å². The molecule has 2 heteroatoms. The molecule has 0 aliphatic heterocycles. The van der Waals surface area contributed by atoms with Crippen LogP contribution in [0.5, 0.6) is 0 Å². The van der Waals surface area contributed by atoms with Crippen LogP contribution in [0.15, 0.2) is 0 Å². The zero-order valence-corrected chi connectivity index (χ0v) is 7.78. The van der Waals surface area contributed by atoms with Crippen molar-refractivity contribution in [2.24, 2.45) is 0 Å². The van der Waals surface area contributed by atoms with Crippen LogP contribution in [0.3, 0.4) is 0 Å². The summed E-state index contributed by atoms with van der Waals surface area (Å²) in [6.45, 7) is 4.05. The monoisotopic (exact) mass is 162 g/mol. The molecular weight excluding hydrogens is 144 g/mol. The molecule has 0 aliphatic rings. The predicted octanol–water partition coefficient (Wildman–Crippen LogP) is 2.29. The molecule has 0 aromatic carbocycles. The van der Waals surface area contributed by atoms with E-state index in [1.54, 1.807) is 0 Å². The maximum absolute atomic E-state index is 8.90. The Balaban J connectivity index is 2.77. The molecule has 0 fully saturated rings. The highest BCUT2D eigenvalue weighted by atomic mass is 32.2. The van der Waals surface area contributed by atoms with Crippen LogP contribution in [0.25, 0.3) is 0 Å². The minimum absolute atomic E-state index is 0.117. The molecule has 0 aromatic rings. The second-order valence-electron chi connectivity index (χ2n) is 2.60. The van der Waals surface area contributed by atoms with Gasteiger partial charge in [0.15, 0.2) is 0 Å². The molecule has 0 aromatic heterocycles. The van der Waals surface area contributed by atoms with E-state index in [1.165, 1.54) is 18.6 Å². The second-order valence-corrected chi connectivity index (χ2v) is 3.83. The third-order valence-corrected chi connectivity index (χ3v) is 2.42. The molecule has 0 saturated carbocycles. The predicted molar refractivity (Wildman–Crippen MR) is 48.5 cm³/mol. The van der Waals surface area contributed by atoms with Crippen molar-refractivity contribution in [1.82, 2.24) is 0 Å². The Hall–Kier alpha value is 0.310. The van der Waals surface area contributed by atoms with Crippen molar-refractivity contribution in [3.05, 3.63) is 0 Å². The first kappa shape index (κ1) is 10.3. The number of aliphatic hydroxyl groups excluding tert-OH is 1. The molecule has 0 bridgehead atoms. The van der Waals surface area contributed by atoms with Gasteiger partial charge in [0.1, 0.15) is 0 Å². The summed E-state index contributed by atoms with van der Waals surface area (Å²) in [4.78, 5) is 0. The normalized spacial score (nSPS) is 13.5. The summed E-state index contributed by atoms with van der Waals surface area (Å²) in [5.74, 6) is 2.36. The summed E-state index contributed by atoms with van der Waals surface area (Å²) < 4.78 is 0. The van der Waals surface area contributed by atoms with Crippen LogP contribution in [0.2, 0.25) is 0 Å². The number of thioether (sulfide) groups is 1. The van der Waals surface area contributed by atoms with Gasteiger partial charge in [0, 0.05) is 0 Å². The van der Waals surface area contributed by atoms with Crippen molar-refractivity contribution < 1.29 is 5.11 Å². The first-order valence-corrected chi connectivity index (χ1v) is 5.18. The molecule has 0 saturated heterocycles. The maximum Gasteiger partial charge on any atom is 0.0520 e. The Kier molecular flexibility index (Phi) is 7.65. The Morgan fingerprint density at radius 2 is 2.10 bits per heavy atom. The van der Waals surface area contributed by atoms with Crippen LogP contribution in [0, 0.1) is 0 Å². The average Bonchev–Trinajstić information content (AvgIpc) is 1.87. The van der Waals surface area contributed by atoms with Crippen LogP contribution in [-0.4, -0.2) is 22.7 Å². The SMILES string of the molecule is CCCCSCC[C@@H](C)O. The van der Waals surface area contributed by atoms with E-state index in [9.17, 15) is 0 Å². The molecular formula is C8H18OS. The van der Waals surface area contributed by atoms with Crippen molar-refractivity contribution in [2.75, 3.05) is 11.5 Å². The van der Waals surface area contributed by atoms with Gasteiger partial charge in [-0.25, -0.2) is 0 Å². The van der Waals surface area contributed by atoms with E-state index >= 15 is 0 Å². The lowest BCUT2D eigenvalue weighted by Crippen LogP contribution is -2.00. The van der Waals surface area contributed by atoms with Gasteiger partial charge in [0.05, 0.1) is 6.10 Å². The second kappa shape index (κ2) is 7.42. The van der Waals surface area contributed by atoms with E-state index in [2.05, 4.69) is 6.92 Å². The van der Waals surface area contributed by atoms with Gasteiger partial charge in [0.25, 0.3) is 0 Å². The Morgan fingerprint density at radius 3 is 2.60 bits per heavy atom. The van der Waals surface area contributed by atoms with Crippen molar-refractivity contribution >= 4 is 11.8 Å². The first-order chi connectivity index (χ1) is 4.77. The van der Waals surface area contributed by atoms with Gasteiger partial charge in [-0.2, -0.15) is 11.8 Å². The standard InChI is InChI=1S/C8H18OS/c1-3-4-6-10-7-5-8(2)9/h8-9H,3-7H2,1-2H3/t8-/m1/s1. The minimum Gasteiger partial charge on any atom is -0.393 e. The lowest BCUT2D eigenvalue weighted by atomic mass is 10.3. The van der Waals surface area contributed by atoms with Gasteiger partial charge >= 0.3 is 0 Å². The smallest absolute Gasteiger partial charge is 0.0520 e. The highest BCUT2D eigenvalue weighted by Gasteiger charge is 1.94. The number of aliphatic hydroxyl groups is 1. The molecule has 0 aliphatic carbocycles. The molecule has 1 atom stereocenters. The summed E-state index contributed by atoms with van der Waals surface area (Å²) in [6.07, 6.45) is 3.41. The molecule has 0 radical (unpaired) electrons. The molecule has 1 nitrogen and oxygen atoms in total. The van der Waals surface area contributed by atoms with Crippen LogP contribution < -0.4 is 0 Å². The van der Waals surface area contributed by atoms with Crippen molar-refractivity contribution in [2.45, 2.75) is 39.2 Å². The molecule has 0 unspecified atom stereocenters. The third-order valence-electron chi connectivity index (χ3n) is 1.32. The van der Waals surface area contributed by atoms with Crippen molar-refractivity contribution in [3.8, 4) is 0 Å². The zero-order valence-electron chi connectivity index (χ0n) is 6.97. The van der Waals surface area contributed by atoms with Crippen LogP contribution in [0.4, 0.5) is 0 Å². The Labute approximate surface area is 68.2 Å². The quantitative estimate of drug-likeness (QED) is 0.605. The van der Waals surface area contributed by atoms with E-state index in [0.717, 1.165) is 12.2 Å².